The highest BCUT2D eigenvalue weighted by molar-refractivity contribution is 5.50. The monoisotopic (exact) mass is 206 g/mol. The van der Waals surface area contributed by atoms with E-state index in [0.29, 0.717) is 6.04 Å². The molecule has 1 aromatic heterocycles. The minimum Gasteiger partial charge on any atom is -0.397 e. The second-order valence-corrected chi connectivity index (χ2v) is 4.15. The maximum atomic E-state index is 5.75. The molecule has 0 radical (unpaired) electrons. The lowest BCUT2D eigenvalue weighted by Gasteiger charge is -2.32. The van der Waals surface area contributed by atoms with Gasteiger partial charge in [-0.15, -0.1) is 0 Å². The molecule has 0 saturated carbocycles. The SMILES string of the molecule is Cc1nc(N2CCN[C@H](C)C2)ccc1N. The lowest BCUT2D eigenvalue weighted by molar-refractivity contribution is 0.482. The van der Waals surface area contributed by atoms with Crippen LogP contribution in [-0.4, -0.2) is 30.7 Å². The summed E-state index contributed by atoms with van der Waals surface area (Å²) in [7, 11) is 0. The van der Waals surface area contributed by atoms with Crippen LogP contribution in [0.15, 0.2) is 12.1 Å². The molecule has 0 bridgehead atoms. The van der Waals surface area contributed by atoms with Gasteiger partial charge in [0, 0.05) is 25.7 Å². The largest absolute Gasteiger partial charge is 0.397 e. The first kappa shape index (κ1) is 10.2. The normalized spacial score (nSPS) is 21.7. The summed E-state index contributed by atoms with van der Waals surface area (Å²) in [5.74, 6) is 1.04. The second-order valence-electron chi connectivity index (χ2n) is 4.15. The topological polar surface area (TPSA) is 54.2 Å². The third-order valence-electron chi connectivity index (χ3n) is 2.80. The highest BCUT2D eigenvalue weighted by Crippen LogP contribution is 2.17. The Kier molecular flexibility index (Phi) is 2.77. The first-order valence-electron chi connectivity index (χ1n) is 5.38. The van der Waals surface area contributed by atoms with Gasteiger partial charge in [-0.2, -0.15) is 0 Å². The molecule has 1 aliphatic rings. The van der Waals surface area contributed by atoms with Gasteiger partial charge >= 0.3 is 0 Å². The van der Waals surface area contributed by atoms with Gasteiger partial charge in [-0.05, 0) is 26.0 Å². The van der Waals surface area contributed by atoms with E-state index in [0.717, 1.165) is 36.8 Å². The van der Waals surface area contributed by atoms with Gasteiger partial charge in [-0.25, -0.2) is 4.98 Å². The predicted octanol–water partition coefficient (Wildman–Crippen LogP) is 0.770. The van der Waals surface area contributed by atoms with E-state index in [4.69, 9.17) is 5.73 Å². The van der Waals surface area contributed by atoms with Gasteiger partial charge in [0.2, 0.25) is 0 Å². The number of pyridine rings is 1. The number of aryl methyl sites for hydroxylation is 1. The number of nitrogens with zero attached hydrogens (tertiary/aromatic N) is 2. The summed E-state index contributed by atoms with van der Waals surface area (Å²) >= 11 is 0. The van der Waals surface area contributed by atoms with Crippen molar-refractivity contribution < 1.29 is 0 Å². The fraction of sp³-hybridized carbons (Fsp3) is 0.545. The second kappa shape index (κ2) is 4.06. The van der Waals surface area contributed by atoms with E-state index in [1.165, 1.54) is 0 Å². The first-order valence-corrected chi connectivity index (χ1v) is 5.38. The molecule has 4 nitrogen and oxygen atoms in total. The smallest absolute Gasteiger partial charge is 0.129 e. The number of nitrogen functional groups attached to an aromatic ring is 1. The number of hydrogen-bond acceptors (Lipinski definition) is 4. The van der Waals surface area contributed by atoms with Crippen LogP contribution in [0.4, 0.5) is 11.5 Å². The molecule has 0 unspecified atom stereocenters. The highest BCUT2D eigenvalue weighted by atomic mass is 15.2. The Bertz CT molecular complexity index is 350. The van der Waals surface area contributed by atoms with E-state index in [9.17, 15) is 0 Å². The summed E-state index contributed by atoms with van der Waals surface area (Å²) < 4.78 is 0. The van der Waals surface area contributed by atoms with Crippen LogP contribution in [0.5, 0.6) is 0 Å². The number of nitrogens with two attached hydrogens (primary N) is 1. The van der Waals surface area contributed by atoms with Crippen molar-refractivity contribution in [2.45, 2.75) is 19.9 Å². The number of hydrogen-bond donors (Lipinski definition) is 2. The van der Waals surface area contributed by atoms with E-state index in [1.54, 1.807) is 0 Å². The van der Waals surface area contributed by atoms with Gasteiger partial charge in [-0.3, -0.25) is 0 Å². The molecule has 2 rings (SSSR count). The fourth-order valence-corrected chi connectivity index (χ4v) is 1.88. The zero-order chi connectivity index (χ0) is 10.8. The summed E-state index contributed by atoms with van der Waals surface area (Å²) in [4.78, 5) is 6.80. The van der Waals surface area contributed by atoms with E-state index in [2.05, 4.69) is 22.1 Å². The Balaban J connectivity index is 2.18. The van der Waals surface area contributed by atoms with Crippen molar-refractivity contribution in [3.8, 4) is 0 Å². The Morgan fingerprint density at radius 2 is 2.33 bits per heavy atom. The van der Waals surface area contributed by atoms with E-state index in [-0.39, 0.29) is 0 Å². The Morgan fingerprint density at radius 3 is 3.00 bits per heavy atom. The maximum absolute atomic E-state index is 5.75. The molecule has 1 fully saturated rings. The number of rotatable bonds is 1. The summed E-state index contributed by atoms with van der Waals surface area (Å²) in [6.45, 7) is 7.18. The molecule has 0 spiro atoms. The molecule has 1 saturated heterocycles. The Morgan fingerprint density at radius 1 is 1.53 bits per heavy atom. The molecule has 1 aliphatic heterocycles. The average molecular weight is 206 g/mol. The Labute approximate surface area is 90.5 Å². The van der Waals surface area contributed by atoms with Crippen LogP contribution in [-0.2, 0) is 0 Å². The molecule has 3 N–H and O–H groups in total. The van der Waals surface area contributed by atoms with Crippen LogP contribution in [0, 0.1) is 6.92 Å². The first-order chi connectivity index (χ1) is 7.16. The number of anilines is 2. The summed E-state index contributed by atoms with van der Waals surface area (Å²) in [6, 6.07) is 4.46. The van der Waals surface area contributed by atoms with Crippen molar-refractivity contribution in [1.29, 1.82) is 0 Å². The van der Waals surface area contributed by atoms with Gasteiger partial charge in [0.1, 0.15) is 5.82 Å². The number of aromatic nitrogens is 1. The summed E-state index contributed by atoms with van der Waals surface area (Å²) in [6.07, 6.45) is 0. The predicted molar refractivity (Wildman–Crippen MR) is 63.1 cm³/mol. The van der Waals surface area contributed by atoms with Crippen LogP contribution in [0.3, 0.4) is 0 Å². The molecule has 0 amide bonds. The van der Waals surface area contributed by atoms with Gasteiger partial charge in [0.05, 0.1) is 11.4 Å². The molecule has 1 atom stereocenters. The molecular weight excluding hydrogens is 188 g/mol. The number of piperazine rings is 1. The molecule has 1 aromatic rings. The van der Waals surface area contributed by atoms with E-state index < -0.39 is 0 Å². The van der Waals surface area contributed by atoms with Crippen LogP contribution >= 0.6 is 0 Å². The number of nitrogens with one attached hydrogen (secondary N) is 1. The quantitative estimate of drug-likeness (QED) is 0.712. The zero-order valence-corrected chi connectivity index (χ0v) is 9.33. The maximum Gasteiger partial charge on any atom is 0.129 e. The highest BCUT2D eigenvalue weighted by Gasteiger charge is 2.16. The van der Waals surface area contributed by atoms with Gasteiger partial charge in [0.15, 0.2) is 0 Å². The lowest BCUT2D eigenvalue weighted by atomic mass is 10.2. The standard InChI is InChI=1S/C11H18N4/c1-8-7-15(6-5-13-8)11-4-3-10(12)9(2)14-11/h3-4,8,13H,5-7,12H2,1-2H3/t8-/m1/s1. The third-order valence-corrected chi connectivity index (χ3v) is 2.80. The van der Waals surface area contributed by atoms with Gasteiger partial charge < -0.3 is 16.0 Å². The molecule has 0 aliphatic carbocycles. The van der Waals surface area contributed by atoms with Crippen LogP contribution in [0.1, 0.15) is 12.6 Å². The van der Waals surface area contributed by atoms with Crippen molar-refractivity contribution in [3.05, 3.63) is 17.8 Å². The summed E-state index contributed by atoms with van der Waals surface area (Å²) in [5.41, 5.74) is 7.43. The molecular formula is C11H18N4. The van der Waals surface area contributed by atoms with Gasteiger partial charge in [0.25, 0.3) is 0 Å². The van der Waals surface area contributed by atoms with Crippen molar-refractivity contribution in [2.75, 3.05) is 30.3 Å². The average Bonchev–Trinajstić information content (AvgIpc) is 2.22. The molecule has 2 heterocycles. The van der Waals surface area contributed by atoms with E-state index >= 15 is 0 Å². The molecule has 0 aromatic carbocycles. The van der Waals surface area contributed by atoms with Crippen LogP contribution in [0.2, 0.25) is 0 Å². The van der Waals surface area contributed by atoms with Gasteiger partial charge in [-0.1, -0.05) is 0 Å². The third kappa shape index (κ3) is 2.21. The zero-order valence-electron chi connectivity index (χ0n) is 9.33. The molecule has 15 heavy (non-hydrogen) atoms. The Hall–Kier alpha value is -1.29. The van der Waals surface area contributed by atoms with E-state index in [1.807, 2.05) is 19.1 Å². The summed E-state index contributed by atoms with van der Waals surface area (Å²) in [5, 5.41) is 3.41. The fourth-order valence-electron chi connectivity index (χ4n) is 1.88. The minimum absolute atomic E-state index is 0.526. The van der Waals surface area contributed by atoms with Crippen molar-refractivity contribution in [2.24, 2.45) is 0 Å². The van der Waals surface area contributed by atoms with Crippen LogP contribution in [0.25, 0.3) is 0 Å². The molecule has 82 valence electrons. The molecule has 4 heteroatoms. The minimum atomic E-state index is 0.526. The van der Waals surface area contributed by atoms with Crippen molar-refractivity contribution >= 4 is 11.5 Å². The van der Waals surface area contributed by atoms with Crippen molar-refractivity contribution in [1.82, 2.24) is 10.3 Å². The van der Waals surface area contributed by atoms with Crippen LogP contribution < -0.4 is 16.0 Å². The lowest BCUT2D eigenvalue weighted by Crippen LogP contribution is -2.49. The van der Waals surface area contributed by atoms with Crippen molar-refractivity contribution in [3.63, 3.8) is 0 Å².